The third kappa shape index (κ3) is 5.06. The van der Waals surface area contributed by atoms with E-state index in [0.717, 1.165) is 28.3 Å². The Morgan fingerprint density at radius 1 is 1.03 bits per heavy atom. The summed E-state index contributed by atoms with van der Waals surface area (Å²) in [5, 5.41) is 7.60. The highest BCUT2D eigenvalue weighted by atomic mass is 32.2. The second-order valence-electron chi connectivity index (χ2n) is 7.49. The third-order valence-electron chi connectivity index (χ3n) is 5.36. The fourth-order valence-electron chi connectivity index (χ4n) is 3.81. The van der Waals surface area contributed by atoms with Gasteiger partial charge in [0.25, 0.3) is 0 Å². The molecule has 0 saturated carbocycles. The Kier molecular flexibility index (Phi) is 6.45. The van der Waals surface area contributed by atoms with Crippen LogP contribution in [-0.2, 0) is 14.8 Å². The second-order valence-corrected chi connectivity index (χ2v) is 9.05. The first kappa shape index (κ1) is 22.5. The monoisotopic (exact) mass is 464 g/mol. The van der Waals surface area contributed by atoms with Crippen LogP contribution in [0.2, 0.25) is 0 Å². The van der Waals surface area contributed by atoms with Gasteiger partial charge in [-0.25, -0.2) is 22.7 Å². The van der Waals surface area contributed by atoms with E-state index in [2.05, 4.69) is 29.3 Å². The molecule has 1 amide bonds. The maximum absolute atomic E-state index is 14.0. The molecule has 168 valence electrons. The number of hydrogen-bond donors (Lipinski definition) is 2. The quantitative estimate of drug-likeness (QED) is 0.444. The number of ether oxygens (including phenoxy) is 1. The van der Waals surface area contributed by atoms with Crippen LogP contribution in [0.1, 0.15) is 29.0 Å². The zero-order valence-corrected chi connectivity index (χ0v) is 18.4. The van der Waals surface area contributed by atoms with Gasteiger partial charge in [-0.2, -0.15) is 0 Å². The van der Waals surface area contributed by atoms with Crippen LogP contribution < -0.4 is 10.5 Å². The van der Waals surface area contributed by atoms with Crippen LogP contribution in [0.15, 0.2) is 71.6 Å². The Bertz CT molecular complexity index is 1330. The van der Waals surface area contributed by atoms with E-state index in [4.69, 9.17) is 9.88 Å². The standard InChI is InChI=1S/C25H21FN2O4S/c26-24-15-18(33(27,30)31)13-12-17(24)7-5-6-14-28-25(29)32-16-23-21-10-3-1-8-19(21)20-9-2-4-11-22(20)23/h1-4,8-13,15,23H,6,14,16H2,(H,28,29)(H2,27,30,31). The van der Waals surface area contributed by atoms with Gasteiger partial charge in [0.05, 0.1) is 10.5 Å². The summed E-state index contributed by atoms with van der Waals surface area (Å²) in [5.74, 6) is 4.55. The van der Waals surface area contributed by atoms with Gasteiger partial charge in [-0.3, -0.25) is 0 Å². The fourth-order valence-corrected chi connectivity index (χ4v) is 4.33. The molecule has 0 saturated heterocycles. The number of fused-ring (bicyclic) bond motifs is 3. The van der Waals surface area contributed by atoms with Crippen LogP contribution in [0.25, 0.3) is 11.1 Å². The van der Waals surface area contributed by atoms with E-state index < -0.39 is 21.9 Å². The van der Waals surface area contributed by atoms with E-state index in [0.29, 0.717) is 0 Å². The van der Waals surface area contributed by atoms with E-state index in [9.17, 15) is 17.6 Å². The summed E-state index contributed by atoms with van der Waals surface area (Å²) >= 11 is 0. The lowest BCUT2D eigenvalue weighted by Crippen LogP contribution is -2.26. The van der Waals surface area contributed by atoms with Crippen LogP contribution in [0.4, 0.5) is 9.18 Å². The Morgan fingerprint density at radius 2 is 1.67 bits per heavy atom. The smallest absolute Gasteiger partial charge is 0.407 e. The number of primary sulfonamides is 1. The first-order valence-corrected chi connectivity index (χ1v) is 11.8. The first-order chi connectivity index (χ1) is 15.8. The molecule has 3 aromatic carbocycles. The van der Waals surface area contributed by atoms with Gasteiger partial charge in [-0.1, -0.05) is 60.4 Å². The summed E-state index contributed by atoms with van der Waals surface area (Å²) < 4.78 is 41.9. The lowest BCUT2D eigenvalue weighted by molar-refractivity contribution is 0.143. The average molecular weight is 465 g/mol. The van der Waals surface area contributed by atoms with Crippen LogP contribution in [0, 0.1) is 17.7 Å². The minimum Gasteiger partial charge on any atom is -0.449 e. The molecule has 0 aromatic heterocycles. The lowest BCUT2D eigenvalue weighted by Gasteiger charge is -2.14. The molecule has 3 aromatic rings. The minimum atomic E-state index is -3.98. The maximum Gasteiger partial charge on any atom is 0.407 e. The number of amides is 1. The van der Waals surface area contributed by atoms with Crippen LogP contribution in [0.5, 0.6) is 0 Å². The summed E-state index contributed by atoms with van der Waals surface area (Å²) in [4.78, 5) is 11.8. The molecule has 33 heavy (non-hydrogen) atoms. The van der Waals surface area contributed by atoms with E-state index in [1.54, 1.807) is 0 Å². The SMILES string of the molecule is NS(=O)(=O)c1ccc(C#CCCNC(=O)OCC2c3ccccc3-c3ccccc32)c(F)c1. The minimum absolute atomic E-state index is 0.0220. The number of hydrogen-bond acceptors (Lipinski definition) is 4. The molecule has 0 aliphatic heterocycles. The second kappa shape index (κ2) is 9.45. The summed E-state index contributed by atoms with van der Waals surface area (Å²) in [6.07, 6.45) is -0.289. The van der Waals surface area contributed by atoms with Crippen molar-refractivity contribution in [3.05, 3.63) is 89.2 Å². The topological polar surface area (TPSA) is 98.5 Å². The van der Waals surface area contributed by atoms with Crippen molar-refractivity contribution in [2.24, 2.45) is 5.14 Å². The maximum atomic E-state index is 14.0. The number of halogens is 1. The number of nitrogens with one attached hydrogen (secondary N) is 1. The van der Waals surface area contributed by atoms with Crippen molar-refractivity contribution in [3.8, 4) is 23.0 Å². The van der Waals surface area contributed by atoms with Gasteiger partial charge in [-0.15, -0.1) is 0 Å². The summed E-state index contributed by atoms with van der Waals surface area (Å²) in [6.45, 7) is 0.438. The third-order valence-corrected chi connectivity index (χ3v) is 6.27. The predicted molar refractivity (Wildman–Crippen MR) is 122 cm³/mol. The molecule has 0 unspecified atom stereocenters. The number of carbonyl (C=O) groups excluding carboxylic acids is 1. The van der Waals surface area contributed by atoms with Crippen molar-refractivity contribution < 1.29 is 22.3 Å². The number of benzene rings is 3. The molecule has 6 nitrogen and oxygen atoms in total. The summed E-state index contributed by atoms with van der Waals surface area (Å²) in [6, 6.07) is 19.4. The molecule has 0 spiro atoms. The van der Waals surface area contributed by atoms with E-state index in [1.807, 2.05) is 36.4 Å². The van der Waals surface area contributed by atoms with Gasteiger partial charge in [0, 0.05) is 18.9 Å². The highest BCUT2D eigenvalue weighted by Crippen LogP contribution is 2.44. The first-order valence-electron chi connectivity index (χ1n) is 10.2. The molecule has 1 aliphatic rings. The molecule has 0 bridgehead atoms. The number of nitrogens with two attached hydrogens (primary N) is 1. The van der Waals surface area contributed by atoms with E-state index in [-0.39, 0.29) is 35.9 Å². The Balaban J connectivity index is 1.29. The molecular formula is C25H21FN2O4S. The Labute approximate surface area is 191 Å². The van der Waals surface area contributed by atoms with Crippen molar-refractivity contribution >= 4 is 16.1 Å². The van der Waals surface area contributed by atoms with E-state index >= 15 is 0 Å². The van der Waals surface area contributed by atoms with Gasteiger partial charge in [-0.05, 0) is 40.5 Å². The van der Waals surface area contributed by atoms with Crippen LogP contribution in [0.3, 0.4) is 0 Å². The molecule has 0 radical (unpaired) electrons. The molecule has 3 N–H and O–H groups in total. The average Bonchev–Trinajstić information content (AvgIpc) is 3.11. The van der Waals surface area contributed by atoms with Crippen LogP contribution in [-0.4, -0.2) is 27.7 Å². The van der Waals surface area contributed by atoms with Gasteiger partial charge in [0.1, 0.15) is 12.4 Å². The van der Waals surface area contributed by atoms with Gasteiger partial charge in [0.15, 0.2) is 0 Å². The number of sulfonamides is 1. The molecule has 8 heteroatoms. The Hall–Kier alpha value is -3.67. The zero-order valence-electron chi connectivity index (χ0n) is 17.5. The normalized spacial score (nSPS) is 12.3. The van der Waals surface area contributed by atoms with Crippen molar-refractivity contribution in [2.45, 2.75) is 17.2 Å². The van der Waals surface area contributed by atoms with Crippen molar-refractivity contribution in [2.75, 3.05) is 13.2 Å². The van der Waals surface area contributed by atoms with Crippen molar-refractivity contribution in [1.82, 2.24) is 5.32 Å². The number of rotatable bonds is 5. The molecular weight excluding hydrogens is 443 g/mol. The lowest BCUT2D eigenvalue weighted by atomic mass is 9.98. The zero-order chi connectivity index (χ0) is 23.4. The highest BCUT2D eigenvalue weighted by molar-refractivity contribution is 7.89. The highest BCUT2D eigenvalue weighted by Gasteiger charge is 2.28. The van der Waals surface area contributed by atoms with Gasteiger partial charge < -0.3 is 10.1 Å². The molecule has 4 rings (SSSR count). The van der Waals surface area contributed by atoms with Gasteiger partial charge >= 0.3 is 6.09 Å². The predicted octanol–water partition coefficient (Wildman–Crippen LogP) is 3.75. The van der Waals surface area contributed by atoms with Crippen molar-refractivity contribution in [1.29, 1.82) is 0 Å². The van der Waals surface area contributed by atoms with Gasteiger partial charge in [0.2, 0.25) is 10.0 Å². The molecule has 0 heterocycles. The number of carbonyl (C=O) groups is 1. The molecule has 0 atom stereocenters. The fraction of sp³-hybridized carbons (Fsp3) is 0.160. The van der Waals surface area contributed by atoms with E-state index in [1.165, 1.54) is 12.1 Å². The van der Waals surface area contributed by atoms with Crippen LogP contribution >= 0.6 is 0 Å². The number of alkyl carbamates (subject to hydrolysis) is 1. The summed E-state index contributed by atoms with van der Waals surface area (Å²) in [7, 11) is -3.98. The molecule has 0 fully saturated rings. The molecule has 1 aliphatic carbocycles. The largest absolute Gasteiger partial charge is 0.449 e. The summed E-state index contributed by atoms with van der Waals surface area (Å²) in [5.41, 5.74) is 4.62. The van der Waals surface area contributed by atoms with Crippen molar-refractivity contribution in [3.63, 3.8) is 0 Å². The Morgan fingerprint density at radius 3 is 2.27 bits per heavy atom.